The lowest BCUT2D eigenvalue weighted by molar-refractivity contribution is 1.03. The van der Waals surface area contributed by atoms with Gasteiger partial charge in [-0.05, 0) is 31.0 Å². The monoisotopic (exact) mass is 168 g/mol. The van der Waals surface area contributed by atoms with E-state index in [-0.39, 0.29) is 0 Å². The predicted molar refractivity (Wildman–Crippen MR) is 48.5 cm³/mol. The number of hydrogen-bond donors (Lipinski definition) is 1. The molecule has 0 aliphatic heterocycles. The van der Waals surface area contributed by atoms with Gasteiger partial charge in [0.1, 0.15) is 0 Å². The van der Waals surface area contributed by atoms with E-state index in [1.165, 1.54) is 0 Å². The summed E-state index contributed by atoms with van der Waals surface area (Å²) >= 11 is 5.90. The van der Waals surface area contributed by atoms with Crippen molar-refractivity contribution in [1.82, 2.24) is 0 Å². The van der Waals surface area contributed by atoms with E-state index in [2.05, 4.69) is 0 Å². The Hall–Kier alpha value is -0.530. The summed E-state index contributed by atoms with van der Waals surface area (Å²) in [6.45, 7) is 0.602. The summed E-state index contributed by atoms with van der Waals surface area (Å²) in [6, 6.07) is 7.80. The summed E-state index contributed by atoms with van der Waals surface area (Å²) in [4.78, 5) is 0. The van der Waals surface area contributed by atoms with Crippen LogP contribution in [-0.4, -0.2) is 6.54 Å². The third-order valence-corrected chi connectivity index (χ3v) is 1.86. The molecular weight excluding hydrogens is 158 g/mol. The summed E-state index contributed by atoms with van der Waals surface area (Å²) in [5, 5.41) is 0.817. The molecule has 2 heteroatoms. The van der Waals surface area contributed by atoms with Crippen molar-refractivity contribution in [3.8, 4) is 0 Å². The first-order valence-electron chi connectivity index (χ1n) is 3.59. The van der Waals surface area contributed by atoms with Gasteiger partial charge < -0.3 is 5.73 Å². The maximum atomic E-state index is 5.90. The Morgan fingerprint density at radius 3 is 2.73 bits per heavy atom. The topological polar surface area (TPSA) is 26.0 Å². The maximum Gasteiger partial charge on any atom is 0.0438 e. The Morgan fingerprint density at radius 1 is 1.36 bits per heavy atom. The van der Waals surface area contributed by atoms with Crippen molar-refractivity contribution in [3.05, 3.63) is 41.3 Å². The summed E-state index contributed by atoms with van der Waals surface area (Å²) in [5.41, 5.74) is 6.47. The van der Waals surface area contributed by atoms with Gasteiger partial charge in [-0.2, -0.15) is 0 Å². The fourth-order valence-electron chi connectivity index (χ4n) is 0.903. The van der Waals surface area contributed by atoms with Crippen molar-refractivity contribution in [2.75, 3.05) is 6.54 Å². The second-order valence-electron chi connectivity index (χ2n) is 2.32. The molecule has 2 N–H and O–H groups in total. The van der Waals surface area contributed by atoms with Crippen LogP contribution in [0.2, 0.25) is 5.02 Å². The van der Waals surface area contributed by atoms with Crippen LogP contribution in [0.25, 0.3) is 0 Å². The summed E-state index contributed by atoms with van der Waals surface area (Å²) < 4.78 is 0. The largest absolute Gasteiger partial charge is 0.330 e. The van der Waals surface area contributed by atoms with E-state index in [1.807, 2.05) is 30.7 Å². The first-order valence-corrected chi connectivity index (χ1v) is 3.97. The van der Waals surface area contributed by atoms with Gasteiger partial charge in [0.15, 0.2) is 0 Å². The first kappa shape index (κ1) is 8.57. The Balaban J connectivity index is 2.62. The van der Waals surface area contributed by atoms with Crippen LogP contribution in [0.3, 0.4) is 0 Å². The predicted octanol–water partition coefficient (Wildman–Crippen LogP) is 2.05. The smallest absolute Gasteiger partial charge is 0.0438 e. The fraction of sp³-hybridized carbons (Fsp3) is 0.222. The molecule has 1 radical (unpaired) electrons. The lowest BCUT2D eigenvalue weighted by Crippen LogP contribution is -2.01. The normalized spacial score (nSPS) is 10.0. The van der Waals surface area contributed by atoms with Crippen molar-refractivity contribution >= 4 is 11.6 Å². The van der Waals surface area contributed by atoms with E-state index in [0.717, 1.165) is 17.0 Å². The standard InChI is InChI=1S/C9H11ClN/c10-9-6-2-1-4-8(9)5-3-7-11/h1-4,6H,5,7,11H2. The molecule has 59 valence electrons. The van der Waals surface area contributed by atoms with Crippen LogP contribution in [0.5, 0.6) is 0 Å². The Kier molecular flexibility index (Phi) is 3.40. The molecule has 0 heterocycles. The SMILES string of the molecule is NC[CH]Cc1ccccc1Cl. The highest BCUT2D eigenvalue weighted by Crippen LogP contribution is 2.15. The van der Waals surface area contributed by atoms with Gasteiger partial charge >= 0.3 is 0 Å². The lowest BCUT2D eigenvalue weighted by atomic mass is 10.1. The maximum absolute atomic E-state index is 5.90. The van der Waals surface area contributed by atoms with Crippen LogP contribution in [-0.2, 0) is 6.42 Å². The molecule has 1 nitrogen and oxygen atoms in total. The van der Waals surface area contributed by atoms with Crippen molar-refractivity contribution < 1.29 is 0 Å². The van der Waals surface area contributed by atoms with Gasteiger partial charge in [0, 0.05) is 5.02 Å². The molecule has 0 aliphatic carbocycles. The van der Waals surface area contributed by atoms with Crippen LogP contribution in [0.15, 0.2) is 24.3 Å². The Morgan fingerprint density at radius 2 is 2.09 bits per heavy atom. The van der Waals surface area contributed by atoms with Crippen molar-refractivity contribution in [2.45, 2.75) is 6.42 Å². The summed E-state index contributed by atoms with van der Waals surface area (Å²) in [5.74, 6) is 0. The van der Waals surface area contributed by atoms with E-state index in [4.69, 9.17) is 17.3 Å². The molecular formula is C9H11ClN. The highest BCUT2D eigenvalue weighted by atomic mass is 35.5. The van der Waals surface area contributed by atoms with Crippen LogP contribution in [0.4, 0.5) is 0 Å². The van der Waals surface area contributed by atoms with Crippen LogP contribution < -0.4 is 5.73 Å². The van der Waals surface area contributed by atoms with E-state index in [0.29, 0.717) is 6.54 Å². The minimum atomic E-state index is 0.602. The zero-order valence-electron chi connectivity index (χ0n) is 6.26. The minimum Gasteiger partial charge on any atom is -0.330 e. The van der Waals surface area contributed by atoms with E-state index in [1.54, 1.807) is 0 Å². The zero-order chi connectivity index (χ0) is 8.10. The Bertz CT molecular complexity index is 223. The van der Waals surface area contributed by atoms with Gasteiger partial charge in [-0.1, -0.05) is 29.8 Å². The number of benzene rings is 1. The molecule has 1 aromatic carbocycles. The quantitative estimate of drug-likeness (QED) is 0.735. The minimum absolute atomic E-state index is 0.602. The van der Waals surface area contributed by atoms with Crippen LogP contribution >= 0.6 is 11.6 Å². The fourth-order valence-corrected chi connectivity index (χ4v) is 1.12. The second kappa shape index (κ2) is 4.37. The van der Waals surface area contributed by atoms with Gasteiger partial charge in [-0.25, -0.2) is 0 Å². The molecule has 0 saturated carbocycles. The number of rotatable bonds is 3. The second-order valence-corrected chi connectivity index (χ2v) is 2.73. The molecule has 0 fully saturated rings. The molecule has 11 heavy (non-hydrogen) atoms. The van der Waals surface area contributed by atoms with Gasteiger partial charge in [0.2, 0.25) is 0 Å². The van der Waals surface area contributed by atoms with Crippen LogP contribution in [0, 0.1) is 6.42 Å². The zero-order valence-corrected chi connectivity index (χ0v) is 7.01. The molecule has 0 saturated heterocycles. The van der Waals surface area contributed by atoms with Gasteiger partial charge in [0.05, 0.1) is 0 Å². The average molecular weight is 169 g/mol. The number of nitrogens with two attached hydrogens (primary N) is 1. The molecule has 0 aliphatic rings. The third kappa shape index (κ3) is 2.52. The molecule has 0 bridgehead atoms. The summed E-state index contributed by atoms with van der Waals surface area (Å²) in [6.07, 6.45) is 2.86. The summed E-state index contributed by atoms with van der Waals surface area (Å²) in [7, 11) is 0. The lowest BCUT2D eigenvalue weighted by Gasteiger charge is -2.00. The van der Waals surface area contributed by atoms with Gasteiger partial charge in [0.25, 0.3) is 0 Å². The molecule has 0 unspecified atom stereocenters. The molecule has 0 amide bonds. The average Bonchev–Trinajstić information content (AvgIpc) is 2.03. The van der Waals surface area contributed by atoms with E-state index >= 15 is 0 Å². The molecule has 1 rings (SSSR count). The first-order chi connectivity index (χ1) is 5.34. The molecule has 1 aromatic rings. The highest BCUT2D eigenvalue weighted by molar-refractivity contribution is 6.31. The van der Waals surface area contributed by atoms with Crippen molar-refractivity contribution in [1.29, 1.82) is 0 Å². The molecule has 0 aromatic heterocycles. The third-order valence-electron chi connectivity index (χ3n) is 1.49. The number of hydrogen-bond acceptors (Lipinski definition) is 1. The molecule has 0 atom stereocenters. The van der Waals surface area contributed by atoms with Crippen molar-refractivity contribution in [2.24, 2.45) is 5.73 Å². The van der Waals surface area contributed by atoms with E-state index in [9.17, 15) is 0 Å². The van der Waals surface area contributed by atoms with E-state index < -0.39 is 0 Å². The van der Waals surface area contributed by atoms with Crippen molar-refractivity contribution in [3.63, 3.8) is 0 Å². The number of halogens is 1. The van der Waals surface area contributed by atoms with Gasteiger partial charge in [-0.3, -0.25) is 0 Å². The highest BCUT2D eigenvalue weighted by Gasteiger charge is 1.96. The molecule has 0 spiro atoms. The Labute approximate surface area is 72.2 Å². The van der Waals surface area contributed by atoms with Crippen LogP contribution in [0.1, 0.15) is 5.56 Å². The van der Waals surface area contributed by atoms with Gasteiger partial charge in [-0.15, -0.1) is 0 Å².